The van der Waals surface area contributed by atoms with Gasteiger partial charge in [0.15, 0.2) is 0 Å². The van der Waals surface area contributed by atoms with Crippen molar-refractivity contribution < 1.29 is 8.42 Å². The van der Waals surface area contributed by atoms with Gasteiger partial charge in [-0.1, -0.05) is 6.07 Å². The molecule has 2 fully saturated rings. The van der Waals surface area contributed by atoms with Gasteiger partial charge in [0.2, 0.25) is 10.0 Å². The summed E-state index contributed by atoms with van der Waals surface area (Å²) in [4.78, 5) is 0.367. The van der Waals surface area contributed by atoms with E-state index >= 15 is 0 Å². The van der Waals surface area contributed by atoms with E-state index < -0.39 is 10.0 Å². The SMILES string of the molecule is Cc1ccc(Br)c(S(=O)(=O)N2CC3CCC(N)C3C2)c1. The second kappa shape index (κ2) is 5.09. The molecule has 3 rings (SSSR count). The summed E-state index contributed by atoms with van der Waals surface area (Å²) in [6.07, 6.45) is 2.07. The van der Waals surface area contributed by atoms with Crippen molar-refractivity contribution in [2.24, 2.45) is 17.6 Å². The normalized spacial score (nSPS) is 30.6. The van der Waals surface area contributed by atoms with Crippen molar-refractivity contribution in [2.45, 2.75) is 30.7 Å². The number of aryl methyl sites for hydroxylation is 1. The highest BCUT2D eigenvalue weighted by atomic mass is 79.9. The number of hydrogen-bond acceptors (Lipinski definition) is 3. The van der Waals surface area contributed by atoms with Crippen LogP contribution in [0.2, 0.25) is 0 Å². The van der Waals surface area contributed by atoms with Crippen LogP contribution in [0.5, 0.6) is 0 Å². The Morgan fingerprint density at radius 3 is 2.75 bits per heavy atom. The lowest BCUT2D eigenvalue weighted by Crippen LogP contribution is -2.33. The molecule has 1 aliphatic heterocycles. The Labute approximate surface area is 128 Å². The van der Waals surface area contributed by atoms with E-state index in [-0.39, 0.29) is 6.04 Å². The fourth-order valence-corrected chi connectivity index (χ4v) is 5.95. The third kappa shape index (κ3) is 2.32. The van der Waals surface area contributed by atoms with Crippen LogP contribution in [-0.4, -0.2) is 31.9 Å². The number of nitrogens with two attached hydrogens (primary N) is 1. The molecule has 1 aromatic carbocycles. The van der Waals surface area contributed by atoms with Crippen LogP contribution in [0.15, 0.2) is 27.6 Å². The number of benzene rings is 1. The molecule has 2 aliphatic rings. The summed E-state index contributed by atoms with van der Waals surface area (Å²) < 4.78 is 27.8. The molecule has 6 heteroatoms. The van der Waals surface area contributed by atoms with Crippen LogP contribution in [0.25, 0.3) is 0 Å². The van der Waals surface area contributed by atoms with E-state index in [1.165, 1.54) is 0 Å². The zero-order chi connectivity index (χ0) is 14.5. The minimum atomic E-state index is -3.43. The Bertz CT molecular complexity index is 632. The molecule has 0 bridgehead atoms. The molecular weight excluding hydrogens is 340 g/mol. The van der Waals surface area contributed by atoms with Crippen molar-refractivity contribution in [1.82, 2.24) is 4.31 Å². The Morgan fingerprint density at radius 2 is 2.05 bits per heavy atom. The first kappa shape index (κ1) is 14.5. The van der Waals surface area contributed by atoms with Crippen LogP contribution in [0.3, 0.4) is 0 Å². The smallest absolute Gasteiger partial charge is 0.244 e. The Balaban J connectivity index is 1.92. The van der Waals surface area contributed by atoms with E-state index in [9.17, 15) is 8.42 Å². The van der Waals surface area contributed by atoms with Crippen molar-refractivity contribution in [2.75, 3.05) is 13.1 Å². The zero-order valence-corrected chi connectivity index (χ0v) is 13.8. The molecule has 4 nitrogen and oxygen atoms in total. The zero-order valence-electron chi connectivity index (χ0n) is 11.4. The van der Waals surface area contributed by atoms with E-state index in [1.54, 1.807) is 16.4 Å². The third-order valence-corrected chi connectivity index (χ3v) is 7.41. The molecule has 0 amide bonds. The highest BCUT2D eigenvalue weighted by molar-refractivity contribution is 9.10. The first-order valence-electron chi connectivity index (χ1n) is 6.91. The van der Waals surface area contributed by atoms with Crippen molar-refractivity contribution in [3.8, 4) is 0 Å². The van der Waals surface area contributed by atoms with Crippen LogP contribution in [0.1, 0.15) is 18.4 Å². The Kier molecular flexibility index (Phi) is 3.69. The van der Waals surface area contributed by atoms with Gasteiger partial charge in [-0.2, -0.15) is 4.31 Å². The van der Waals surface area contributed by atoms with Gasteiger partial charge in [-0.25, -0.2) is 8.42 Å². The van der Waals surface area contributed by atoms with Gasteiger partial charge in [0.1, 0.15) is 0 Å². The van der Waals surface area contributed by atoms with E-state index in [0.717, 1.165) is 18.4 Å². The van der Waals surface area contributed by atoms with Crippen LogP contribution in [0.4, 0.5) is 0 Å². The molecule has 1 aliphatic carbocycles. The largest absolute Gasteiger partial charge is 0.327 e. The predicted octanol–water partition coefficient (Wildman–Crippen LogP) is 2.12. The minimum absolute atomic E-state index is 0.154. The summed E-state index contributed by atoms with van der Waals surface area (Å²) in [5.74, 6) is 0.761. The van der Waals surface area contributed by atoms with Gasteiger partial charge in [-0.05, 0) is 65.2 Å². The van der Waals surface area contributed by atoms with E-state index in [0.29, 0.717) is 34.3 Å². The summed E-state index contributed by atoms with van der Waals surface area (Å²) in [5, 5.41) is 0. The lowest BCUT2D eigenvalue weighted by atomic mass is 9.98. The van der Waals surface area contributed by atoms with Gasteiger partial charge in [0, 0.05) is 23.6 Å². The Morgan fingerprint density at radius 1 is 1.30 bits per heavy atom. The summed E-state index contributed by atoms with van der Waals surface area (Å²) in [5.41, 5.74) is 7.03. The minimum Gasteiger partial charge on any atom is -0.327 e. The Hall–Kier alpha value is -0.430. The molecule has 0 radical (unpaired) electrons. The van der Waals surface area contributed by atoms with E-state index in [4.69, 9.17) is 5.73 Å². The molecule has 1 heterocycles. The van der Waals surface area contributed by atoms with Crippen LogP contribution >= 0.6 is 15.9 Å². The standard InChI is InChI=1S/C14H19BrN2O2S/c1-9-2-4-12(15)14(6-9)20(18,19)17-7-10-3-5-13(16)11(10)8-17/h2,4,6,10-11,13H,3,5,7-8,16H2,1H3. The summed E-state index contributed by atoms with van der Waals surface area (Å²) >= 11 is 3.36. The van der Waals surface area contributed by atoms with Crippen LogP contribution in [0, 0.1) is 18.8 Å². The number of halogens is 1. The molecular formula is C14H19BrN2O2S. The monoisotopic (exact) mass is 358 g/mol. The number of fused-ring (bicyclic) bond motifs is 1. The van der Waals surface area contributed by atoms with E-state index in [1.807, 2.05) is 13.0 Å². The van der Waals surface area contributed by atoms with Crippen molar-refractivity contribution in [3.05, 3.63) is 28.2 Å². The number of nitrogens with zero attached hydrogens (tertiary/aromatic N) is 1. The van der Waals surface area contributed by atoms with Gasteiger partial charge in [-0.15, -0.1) is 0 Å². The average Bonchev–Trinajstić information content (AvgIpc) is 2.95. The molecule has 1 saturated carbocycles. The second-order valence-corrected chi connectivity index (χ2v) is 8.68. The van der Waals surface area contributed by atoms with Gasteiger partial charge in [0.25, 0.3) is 0 Å². The second-order valence-electron chi connectivity index (χ2n) is 5.92. The average molecular weight is 359 g/mol. The highest BCUT2D eigenvalue weighted by Gasteiger charge is 2.45. The fraction of sp³-hybridized carbons (Fsp3) is 0.571. The van der Waals surface area contributed by atoms with Crippen molar-refractivity contribution >= 4 is 26.0 Å². The lowest BCUT2D eigenvalue weighted by Gasteiger charge is -2.19. The van der Waals surface area contributed by atoms with E-state index in [2.05, 4.69) is 15.9 Å². The van der Waals surface area contributed by atoms with Gasteiger partial charge in [-0.3, -0.25) is 0 Å². The molecule has 1 aromatic rings. The highest BCUT2D eigenvalue weighted by Crippen LogP contribution is 2.40. The molecule has 20 heavy (non-hydrogen) atoms. The molecule has 2 N–H and O–H groups in total. The summed E-state index contributed by atoms with van der Waals surface area (Å²) in [7, 11) is -3.43. The fourth-order valence-electron chi connectivity index (χ4n) is 3.41. The van der Waals surface area contributed by atoms with Gasteiger partial charge < -0.3 is 5.73 Å². The quantitative estimate of drug-likeness (QED) is 0.880. The number of hydrogen-bond donors (Lipinski definition) is 1. The third-order valence-electron chi connectivity index (χ3n) is 4.58. The molecule has 110 valence electrons. The lowest BCUT2D eigenvalue weighted by molar-refractivity contribution is 0.427. The van der Waals surface area contributed by atoms with Crippen LogP contribution < -0.4 is 5.73 Å². The summed E-state index contributed by atoms with van der Waals surface area (Å²) in [6.45, 7) is 3.08. The maximum absolute atomic E-state index is 12.8. The maximum Gasteiger partial charge on any atom is 0.244 e. The van der Waals surface area contributed by atoms with Crippen molar-refractivity contribution in [3.63, 3.8) is 0 Å². The molecule has 3 unspecified atom stereocenters. The first-order valence-corrected chi connectivity index (χ1v) is 9.15. The molecule has 0 aromatic heterocycles. The molecule has 0 spiro atoms. The van der Waals surface area contributed by atoms with Gasteiger partial charge >= 0.3 is 0 Å². The predicted molar refractivity (Wildman–Crippen MR) is 81.8 cm³/mol. The molecule has 3 atom stereocenters. The van der Waals surface area contributed by atoms with Crippen LogP contribution in [-0.2, 0) is 10.0 Å². The van der Waals surface area contributed by atoms with Crippen molar-refractivity contribution in [1.29, 1.82) is 0 Å². The maximum atomic E-state index is 12.8. The number of sulfonamides is 1. The molecule has 1 saturated heterocycles. The topological polar surface area (TPSA) is 63.4 Å². The summed E-state index contributed by atoms with van der Waals surface area (Å²) in [6, 6.07) is 5.58. The first-order chi connectivity index (χ1) is 9.39. The number of rotatable bonds is 2. The van der Waals surface area contributed by atoms with Gasteiger partial charge in [0.05, 0.1) is 4.90 Å².